The summed E-state index contributed by atoms with van der Waals surface area (Å²) in [6.07, 6.45) is 1.58. The van der Waals surface area contributed by atoms with E-state index in [1.807, 2.05) is 6.92 Å². The van der Waals surface area contributed by atoms with Crippen molar-refractivity contribution < 1.29 is 14.3 Å². The normalized spacial score (nSPS) is 10.2. The topological polar surface area (TPSA) is 99.2 Å². The number of nitrogen functional groups attached to an aromatic ring is 1. The number of nitrogens with one attached hydrogen (secondary N) is 1. The van der Waals surface area contributed by atoms with Gasteiger partial charge >= 0.3 is 5.97 Å². The Kier molecular flexibility index (Phi) is 4.22. The molecule has 7 heteroatoms. The number of esters is 1. The van der Waals surface area contributed by atoms with Crippen molar-refractivity contribution in [1.82, 2.24) is 9.78 Å². The van der Waals surface area contributed by atoms with Crippen LogP contribution in [0, 0.1) is 0 Å². The van der Waals surface area contributed by atoms with E-state index in [0.29, 0.717) is 12.2 Å². The highest BCUT2D eigenvalue weighted by molar-refractivity contribution is 6.09. The number of ether oxygens (including phenoxy) is 1. The van der Waals surface area contributed by atoms with E-state index in [0.717, 1.165) is 0 Å². The Bertz CT molecular complexity index is 679. The molecule has 0 unspecified atom stereocenters. The number of anilines is 2. The largest absolute Gasteiger partial charge is 0.465 e. The molecule has 1 aromatic heterocycles. The van der Waals surface area contributed by atoms with Crippen molar-refractivity contribution in [2.24, 2.45) is 0 Å². The van der Waals surface area contributed by atoms with E-state index in [2.05, 4.69) is 15.2 Å². The molecule has 0 fully saturated rings. The first kappa shape index (κ1) is 14.6. The molecule has 1 heterocycles. The zero-order chi connectivity index (χ0) is 15.4. The lowest BCUT2D eigenvalue weighted by atomic mass is 10.1. The highest BCUT2D eigenvalue weighted by atomic mass is 16.5. The van der Waals surface area contributed by atoms with Crippen molar-refractivity contribution in [1.29, 1.82) is 0 Å². The number of hydrogen-bond donors (Lipinski definition) is 2. The summed E-state index contributed by atoms with van der Waals surface area (Å²) >= 11 is 0. The van der Waals surface area contributed by atoms with E-state index in [1.54, 1.807) is 35.1 Å². The van der Waals surface area contributed by atoms with Gasteiger partial charge in [0.2, 0.25) is 0 Å². The summed E-state index contributed by atoms with van der Waals surface area (Å²) in [7, 11) is 1.28. The molecule has 2 rings (SSSR count). The molecule has 0 spiro atoms. The van der Waals surface area contributed by atoms with Crippen molar-refractivity contribution in [2.75, 3.05) is 18.2 Å². The van der Waals surface area contributed by atoms with Crippen LogP contribution in [0.2, 0.25) is 0 Å². The lowest BCUT2D eigenvalue weighted by molar-refractivity contribution is 0.0602. The van der Waals surface area contributed by atoms with Gasteiger partial charge in [0.05, 0.1) is 24.0 Å². The van der Waals surface area contributed by atoms with Gasteiger partial charge in [0.15, 0.2) is 5.69 Å². The van der Waals surface area contributed by atoms with Crippen LogP contribution in [-0.2, 0) is 11.3 Å². The molecule has 0 atom stereocenters. The van der Waals surface area contributed by atoms with Crippen molar-refractivity contribution in [3.63, 3.8) is 0 Å². The maximum absolute atomic E-state index is 12.2. The molecule has 0 aliphatic heterocycles. The minimum absolute atomic E-state index is 0.122. The summed E-state index contributed by atoms with van der Waals surface area (Å²) in [5.74, 6) is -1.01. The molecule has 1 aromatic carbocycles. The number of para-hydroxylation sites is 1. The highest BCUT2D eigenvalue weighted by Gasteiger charge is 2.18. The zero-order valence-electron chi connectivity index (χ0n) is 11.8. The first-order valence-corrected chi connectivity index (χ1v) is 6.38. The van der Waals surface area contributed by atoms with Gasteiger partial charge in [0.25, 0.3) is 5.91 Å². The summed E-state index contributed by atoms with van der Waals surface area (Å²) in [4.78, 5) is 23.9. The van der Waals surface area contributed by atoms with Gasteiger partial charge < -0.3 is 15.8 Å². The third-order valence-corrected chi connectivity index (χ3v) is 2.91. The third-order valence-electron chi connectivity index (χ3n) is 2.91. The van der Waals surface area contributed by atoms with Crippen LogP contribution in [0.25, 0.3) is 0 Å². The molecule has 2 aromatic rings. The van der Waals surface area contributed by atoms with Crippen LogP contribution >= 0.6 is 0 Å². The lowest BCUT2D eigenvalue weighted by Gasteiger charge is -2.08. The Balaban J connectivity index is 2.27. The number of methoxy groups -OCH3 is 1. The average molecular weight is 288 g/mol. The van der Waals surface area contributed by atoms with Crippen molar-refractivity contribution >= 4 is 23.3 Å². The van der Waals surface area contributed by atoms with Crippen LogP contribution in [0.4, 0.5) is 11.4 Å². The Morgan fingerprint density at radius 3 is 2.71 bits per heavy atom. The fourth-order valence-corrected chi connectivity index (χ4v) is 1.84. The second-order valence-corrected chi connectivity index (χ2v) is 4.28. The number of aromatic nitrogens is 2. The number of nitrogens with two attached hydrogens (primary N) is 1. The maximum Gasteiger partial charge on any atom is 0.339 e. The highest BCUT2D eigenvalue weighted by Crippen LogP contribution is 2.18. The van der Waals surface area contributed by atoms with E-state index in [4.69, 9.17) is 5.73 Å². The molecule has 3 N–H and O–H groups in total. The monoisotopic (exact) mass is 288 g/mol. The number of carbonyl (C=O) groups is 2. The molecule has 110 valence electrons. The van der Waals surface area contributed by atoms with Gasteiger partial charge in [0, 0.05) is 12.7 Å². The minimum atomic E-state index is -0.530. The van der Waals surface area contributed by atoms with Crippen molar-refractivity contribution in [3.05, 3.63) is 41.7 Å². The third kappa shape index (κ3) is 3.02. The number of amides is 1. The summed E-state index contributed by atoms with van der Waals surface area (Å²) in [6.45, 7) is 2.50. The Morgan fingerprint density at radius 2 is 2.10 bits per heavy atom. The van der Waals surface area contributed by atoms with Gasteiger partial charge in [-0.3, -0.25) is 9.48 Å². The lowest BCUT2D eigenvalue weighted by Crippen LogP contribution is -2.17. The van der Waals surface area contributed by atoms with E-state index in [-0.39, 0.29) is 16.9 Å². The molecular weight excluding hydrogens is 272 g/mol. The van der Waals surface area contributed by atoms with Crippen LogP contribution in [0.15, 0.2) is 30.5 Å². The molecule has 0 aliphatic rings. The first-order valence-electron chi connectivity index (χ1n) is 6.38. The van der Waals surface area contributed by atoms with Crippen LogP contribution < -0.4 is 11.1 Å². The van der Waals surface area contributed by atoms with Gasteiger partial charge in [0.1, 0.15) is 0 Å². The fourth-order valence-electron chi connectivity index (χ4n) is 1.84. The Hall–Kier alpha value is -2.83. The fraction of sp³-hybridized carbons (Fsp3) is 0.214. The predicted octanol–water partition coefficient (Wildman–Crippen LogP) is 1.52. The van der Waals surface area contributed by atoms with E-state index in [9.17, 15) is 9.59 Å². The molecule has 0 aliphatic carbocycles. The van der Waals surface area contributed by atoms with E-state index >= 15 is 0 Å². The average Bonchev–Trinajstić information content (AvgIpc) is 2.88. The van der Waals surface area contributed by atoms with Crippen LogP contribution in [0.3, 0.4) is 0 Å². The second-order valence-electron chi connectivity index (χ2n) is 4.28. The second kappa shape index (κ2) is 6.08. The zero-order valence-corrected chi connectivity index (χ0v) is 11.8. The smallest absolute Gasteiger partial charge is 0.339 e. The van der Waals surface area contributed by atoms with Crippen LogP contribution in [0.1, 0.15) is 27.8 Å². The standard InChI is InChI=1S/C14H16N4O3/c1-3-18-8-10(15)12(17-18)13(19)16-11-7-5-4-6-9(11)14(20)21-2/h4-8H,3,15H2,1-2H3,(H,16,19). The van der Waals surface area contributed by atoms with Crippen molar-refractivity contribution in [3.8, 4) is 0 Å². The number of aryl methyl sites for hydroxylation is 1. The van der Waals surface area contributed by atoms with E-state index < -0.39 is 11.9 Å². The molecule has 1 amide bonds. The summed E-state index contributed by atoms with van der Waals surface area (Å²) in [6, 6.07) is 6.56. The first-order chi connectivity index (χ1) is 10.1. The summed E-state index contributed by atoms with van der Waals surface area (Å²) in [5.41, 5.74) is 6.78. The summed E-state index contributed by atoms with van der Waals surface area (Å²) < 4.78 is 6.24. The molecule has 21 heavy (non-hydrogen) atoms. The van der Waals surface area contributed by atoms with Gasteiger partial charge in [-0.25, -0.2) is 4.79 Å². The quantitative estimate of drug-likeness (QED) is 0.831. The molecule has 7 nitrogen and oxygen atoms in total. The van der Waals surface area contributed by atoms with Gasteiger partial charge in [-0.05, 0) is 19.1 Å². The van der Waals surface area contributed by atoms with Crippen LogP contribution in [-0.4, -0.2) is 28.8 Å². The number of carbonyl (C=O) groups excluding carboxylic acids is 2. The van der Waals surface area contributed by atoms with Crippen molar-refractivity contribution in [2.45, 2.75) is 13.5 Å². The van der Waals surface area contributed by atoms with Crippen LogP contribution in [0.5, 0.6) is 0 Å². The van der Waals surface area contributed by atoms with Gasteiger partial charge in [-0.2, -0.15) is 5.10 Å². The summed E-state index contributed by atoms with van der Waals surface area (Å²) in [5, 5.41) is 6.71. The number of rotatable bonds is 4. The number of nitrogens with zero attached hydrogens (tertiary/aromatic N) is 2. The predicted molar refractivity (Wildman–Crippen MR) is 78.0 cm³/mol. The molecular formula is C14H16N4O3. The Labute approximate surface area is 121 Å². The number of hydrogen-bond acceptors (Lipinski definition) is 5. The Morgan fingerprint density at radius 1 is 1.38 bits per heavy atom. The van der Waals surface area contributed by atoms with E-state index in [1.165, 1.54) is 7.11 Å². The molecule has 0 saturated carbocycles. The van der Waals surface area contributed by atoms with Gasteiger partial charge in [-0.1, -0.05) is 12.1 Å². The van der Waals surface area contributed by atoms with Gasteiger partial charge in [-0.15, -0.1) is 0 Å². The molecule has 0 saturated heterocycles. The SMILES string of the molecule is CCn1cc(N)c(C(=O)Nc2ccccc2C(=O)OC)n1. The molecule has 0 bridgehead atoms. The maximum atomic E-state index is 12.2. The molecule has 0 radical (unpaired) electrons. The number of benzene rings is 1. The minimum Gasteiger partial charge on any atom is -0.465 e.